The lowest BCUT2D eigenvalue weighted by atomic mass is 10.2. The third-order valence-corrected chi connectivity index (χ3v) is 2.78. The van der Waals surface area contributed by atoms with Crippen LogP contribution >= 0.6 is 0 Å². The molecule has 5 heteroatoms. The van der Waals surface area contributed by atoms with Crippen molar-refractivity contribution < 1.29 is 14.3 Å². The Morgan fingerprint density at radius 1 is 1.44 bits per heavy atom. The zero-order valence-electron chi connectivity index (χ0n) is 10.3. The molecule has 0 spiro atoms. The number of morpholine rings is 1. The summed E-state index contributed by atoms with van der Waals surface area (Å²) in [5, 5.41) is 2.70. The van der Waals surface area contributed by atoms with Gasteiger partial charge in [0.2, 0.25) is 5.91 Å². The number of rotatable bonds is 3. The van der Waals surface area contributed by atoms with Crippen molar-refractivity contribution in [2.24, 2.45) is 0 Å². The molecular formula is C13H16N2O3. The van der Waals surface area contributed by atoms with E-state index in [0.29, 0.717) is 13.1 Å². The van der Waals surface area contributed by atoms with Crippen molar-refractivity contribution in [3.63, 3.8) is 0 Å². The normalized spacial score (nSPS) is 19.7. The highest BCUT2D eigenvalue weighted by Gasteiger charge is 2.27. The van der Waals surface area contributed by atoms with Crippen LogP contribution < -0.4 is 10.2 Å². The minimum atomic E-state index is -0.160. The van der Waals surface area contributed by atoms with Gasteiger partial charge in [0.15, 0.2) is 0 Å². The number of benzene rings is 1. The number of amides is 2. The van der Waals surface area contributed by atoms with Crippen LogP contribution in [0.3, 0.4) is 0 Å². The quantitative estimate of drug-likeness (QED) is 0.850. The summed E-state index contributed by atoms with van der Waals surface area (Å²) in [6.07, 6.45) is -0.160. The Bertz CT molecular complexity index is 433. The van der Waals surface area contributed by atoms with E-state index in [9.17, 15) is 9.59 Å². The number of carbonyl (C=O) groups is 2. The standard InChI is InChI=1S/C13H16N2O3/c1-10(16)14-7-12-8-15(13(17)9-18-12)11-5-3-2-4-6-11/h2-6,12H,7-9H2,1H3,(H,14,16). The van der Waals surface area contributed by atoms with Crippen LogP contribution in [0.5, 0.6) is 0 Å². The van der Waals surface area contributed by atoms with Crippen molar-refractivity contribution in [3.05, 3.63) is 30.3 Å². The lowest BCUT2D eigenvalue weighted by Gasteiger charge is -2.32. The summed E-state index contributed by atoms with van der Waals surface area (Å²) in [7, 11) is 0. The van der Waals surface area contributed by atoms with E-state index in [1.807, 2.05) is 30.3 Å². The Labute approximate surface area is 106 Å². The van der Waals surface area contributed by atoms with E-state index >= 15 is 0 Å². The van der Waals surface area contributed by atoms with E-state index in [2.05, 4.69) is 5.32 Å². The van der Waals surface area contributed by atoms with Crippen molar-refractivity contribution in [3.8, 4) is 0 Å². The monoisotopic (exact) mass is 248 g/mol. The molecular weight excluding hydrogens is 232 g/mol. The van der Waals surface area contributed by atoms with E-state index in [1.54, 1.807) is 4.90 Å². The van der Waals surface area contributed by atoms with Gasteiger partial charge in [0.1, 0.15) is 6.61 Å². The van der Waals surface area contributed by atoms with Crippen LogP contribution in [0.1, 0.15) is 6.92 Å². The number of hydrogen-bond acceptors (Lipinski definition) is 3. The molecule has 18 heavy (non-hydrogen) atoms. The zero-order chi connectivity index (χ0) is 13.0. The zero-order valence-corrected chi connectivity index (χ0v) is 10.3. The molecule has 2 amide bonds. The highest BCUT2D eigenvalue weighted by atomic mass is 16.5. The molecule has 0 bridgehead atoms. The fraction of sp³-hybridized carbons (Fsp3) is 0.385. The van der Waals surface area contributed by atoms with Gasteiger partial charge in [0.25, 0.3) is 5.91 Å². The molecule has 1 aromatic rings. The SMILES string of the molecule is CC(=O)NCC1CN(c2ccccc2)C(=O)CO1. The summed E-state index contributed by atoms with van der Waals surface area (Å²) in [6.45, 7) is 2.40. The number of ether oxygens (including phenoxy) is 1. The molecule has 1 N–H and O–H groups in total. The van der Waals surface area contributed by atoms with Gasteiger partial charge >= 0.3 is 0 Å². The second-order valence-corrected chi connectivity index (χ2v) is 4.21. The summed E-state index contributed by atoms with van der Waals surface area (Å²) in [6, 6.07) is 9.46. The molecule has 1 fully saturated rings. The molecule has 0 aliphatic carbocycles. The number of nitrogens with one attached hydrogen (secondary N) is 1. The van der Waals surface area contributed by atoms with Gasteiger partial charge < -0.3 is 15.0 Å². The van der Waals surface area contributed by atoms with Crippen LogP contribution in [0.25, 0.3) is 0 Å². The fourth-order valence-electron chi connectivity index (χ4n) is 1.86. The Hall–Kier alpha value is -1.88. The van der Waals surface area contributed by atoms with Gasteiger partial charge in [-0.05, 0) is 12.1 Å². The topological polar surface area (TPSA) is 58.6 Å². The molecule has 1 atom stereocenters. The number of para-hydroxylation sites is 1. The molecule has 0 radical (unpaired) electrons. The summed E-state index contributed by atoms with van der Waals surface area (Å²) >= 11 is 0. The molecule has 1 heterocycles. The highest BCUT2D eigenvalue weighted by Crippen LogP contribution is 2.17. The van der Waals surface area contributed by atoms with Crippen LogP contribution in [0, 0.1) is 0 Å². The van der Waals surface area contributed by atoms with Crippen molar-refractivity contribution in [2.75, 3.05) is 24.6 Å². The molecule has 1 aliphatic rings. The average molecular weight is 248 g/mol. The molecule has 1 saturated heterocycles. The number of nitrogens with zero attached hydrogens (tertiary/aromatic N) is 1. The summed E-state index contributed by atoms with van der Waals surface area (Å²) < 4.78 is 5.39. The highest BCUT2D eigenvalue weighted by molar-refractivity contribution is 5.94. The Kier molecular flexibility index (Phi) is 3.94. The van der Waals surface area contributed by atoms with Gasteiger partial charge in [0, 0.05) is 19.2 Å². The van der Waals surface area contributed by atoms with Crippen LogP contribution in [0.15, 0.2) is 30.3 Å². The van der Waals surface area contributed by atoms with Gasteiger partial charge in [-0.25, -0.2) is 0 Å². The molecule has 2 rings (SSSR count). The van der Waals surface area contributed by atoms with Gasteiger partial charge in [-0.15, -0.1) is 0 Å². The average Bonchev–Trinajstić information content (AvgIpc) is 2.38. The van der Waals surface area contributed by atoms with Gasteiger partial charge in [-0.3, -0.25) is 9.59 Å². The van der Waals surface area contributed by atoms with Crippen molar-refractivity contribution in [1.29, 1.82) is 0 Å². The second kappa shape index (κ2) is 5.64. The molecule has 96 valence electrons. The minimum Gasteiger partial charge on any atom is -0.365 e. The molecule has 1 aliphatic heterocycles. The van der Waals surface area contributed by atoms with Gasteiger partial charge in [0.05, 0.1) is 12.6 Å². The first-order valence-corrected chi connectivity index (χ1v) is 5.88. The first kappa shape index (κ1) is 12.6. The van der Waals surface area contributed by atoms with Gasteiger partial charge in [-0.1, -0.05) is 18.2 Å². The first-order valence-electron chi connectivity index (χ1n) is 5.88. The fourth-order valence-corrected chi connectivity index (χ4v) is 1.86. The van der Waals surface area contributed by atoms with Crippen molar-refractivity contribution in [1.82, 2.24) is 5.32 Å². The number of carbonyl (C=O) groups excluding carboxylic acids is 2. The second-order valence-electron chi connectivity index (χ2n) is 4.21. The maximum Gasteiger partial charge on any atom is 0.253 e. The van der Waals surface area contributed by atoms with E-state index < -0.39 is 0 Å². The van der Waals surface area contributed by atoms with Crippen molar-refractivity contribution in [2.45, 2.75) is 13.0 Å². The smallest absolute Gasteiger partial charge is 0.253 e. The summed E-state index contributed by atoms with van der Waals surface area (Å²) in [5.74, 6) is -0.151. The molecule has 0 aromatic heterocycles. The van der Waals surface area contributed by atoms with E-state index in [-0.39, 0.29) is 24.5 Å². The molecule has 1 aromatic carbocycles. The maximum absolute atomic E-state index is 11.8. The van der Waals surface area contributed by atoms with E-state index in [4.69, 9.17) is 4.74 Å². The summed E-state index contributed by atoms with van der Waals surface area (Å²) in [4.78, 5) is 24.3. The first-order chi connectivity index (χ1) is 8.66. The molecule has 5 nitrogen and oxygen atoms in total. The minimum absolute atomic E-state index is 0.0547. The van der Waals surface area contributed by atoms with E-state index in [1.165, 1.54) is 6.92 Å². The largest absolute Gasteiger partial charge is 0.365 e. The van der Waals surface area contributed by atoms with Crippen LogP contribution in [-0.4, -0.2) is 37.6 Å². The maximum atomic E-state index is 11.8. The van der Waals surface area contributed by atoms with E-state index in [0.717, 1.165) is 5.69 Å². The lowest BCUT2D eigenvalue weighted by molar-refractivity contribution is -0.129. The Balaban J connectivity index is 2.01. The summed E-state index contributed by atoms with van der Waals surface area (Å²) in [5.41, 5.74) is 0.860. The van der Waals surface area contributed by atoms with Crippen molar-refractivity contribution >= 4 is 17.5 Å². The Morgan fingerprint density at radius 3 is 2.83 bits per heavy atom. The predicted octanol–water partition coefficient (Wildman–Crippen LogP) is 0.554. The number of anilines is 1. The Morgan fingerprint density at radius 2 is 2.17 bits per heavy atom. The predicted molar refractivity (Wildman–Crippen MR) is 67.2 cm³/mol. The van der Waals surface area contributed by atoms with Crippen LogP contribution in [0.4, 0.5) is 5.69 Å². The van der Waals surface area contributed by atoms with Crippen LogP contribution in [-0.2, 0) is 14.3 Å². The van der Waals surface area contributed by atoms with Gasteiger partial charge in [-0.2, -0.15) is 0 Å². The lowest BCUT2D eigenvalue weighted by Crippen LogP contribution is -2.50. The molecule has 1 unspecified atom stereocenters. The molecule has 0 saturated carbocycles. The number of hydrogen-bond donors (Lipinski definition) is 1. The third kappa shape index (κ3) is 3.07. The third-order valence-electron chi connectivity index (χ3n) is 2.78. The van der Waals surface area contributed by atoms with Crippen LogP contribution in [0.2, 0.25) is 0 Å².